The number of amides is 1. The molecule has 0 spiro atoms. The van der Waals surface area contributed by atoms with Crippen molar-refractivity contribution in [2.24, 2.45) is 5.73 Å². The van der Waals surface area contributed by atoms with E-state index in [9.17, 15) is 19.6 Å². The Labute approximate surface area is 108 Å². The van der Waals surface area contributed by atoms with Gasteiger partial charge < -0.3 is 35.8 Å². The third kappa shape index (κ3) is 4.48. The van der Waals surface area contributed by atoms with Gasteiger partial charge in [-0.25, -0.2) is 4.57 Å². The molecule has 1 aliphatic heterocycles. The van der Waals surface area contributed by atoms with Crippen molar-refractivity contribution in [3.63, 3.8) is 0 Å². The van der Waals surface area contributed by atoms with Crippen molar-refractivity contribution in [2.75, 3.05) is 6.54 Å². The van der Waals surface area contributed by atoms with Crippen molar-refractivity contribution < 1.29 is 38.6 Å². The molecular formula is C8H17N2O8P. The van der Waals surface area contributed by atoms with E-state index in [4.69, 9.17) is 20.3 Å². The Morgan fingerprint density at radius 2 is 2.00 bits per heavy atom. The van der Waals surface area contributed by atoms with Crippen LogP contribution in [0.15, 0.2) is 0 Å². The number of carbonyl (C=O) groups excluding carboxylic acids is 1. The molecule has 0 radical (unpaired) electrons. The van der Waals surface area contributed by atoms with Crippen molar-refractivity contribution >= 4 is 13.7 Å². The molecular weight excluding hydrogens is 283 g/mol. The number of carbonyl (C=O) groups is 1. The fourth-order valence-corrected chi connectivity index (χ4v) is 2.19. The van der Waals surface area contributed by atoms with E-state index in [0.717, 1.165) is 6.92 Å². The molecule has 1 fully saturated rings. The molecule has 0 aromatic heterocycles. The van der Waals surface area contributed by atoms with E-state index in [1.807, 2.05) is 0 Å². The number of ether oxygens (including phenoxy) is 1. The number of phosphoric acid groups is 1. The highest BCUT2D eigenvalue weighted by Gasteiger charge is 2.47. The van der Waals surface area contributed by atoms with Gasteiger partial charge in [-0.15, -0.1) is 0 Å². The molecule has 0 saturated carbocycles. The smallest absolute Gasteiger partial charge is 0.388 e. The highest BCUT2D eigenvalue weighted by Crippen LogP contribution is 2.40. The first-order valence-corrected chi connectivity index (χ1v) is 6.91. The second-order valence-corrected chi connectivity index (χ2v) is 5.27. The van der Waals surface area contributed by atoms with Crippen LogP contribution in [0.25, 0.3) is 0 Å². The Morgan fingerprint density at radius 3 is 2.42 bits per heavy atom. The standard InChI is InChI=1S/C8H17N2O8P/c1-3(11)10-5-7(13)6(12)4(2-9)17-8(5)18-19(14,15)16/h4-8,12-13H,2,9H2,1H3,(H,10,11)(H2,14,15,16). The van der Waals surface area contributed by atoms with Crippen LogP contribution in [-0.2, 0) is 18.6 Å². The normalized spacial score (nSPS) is 36.0. The molecule has 19 heavy (non-hydrogen) atoms. The van der Waals surface area contributed by atoms with E-state index in [-0.39, 0.29) is 6.54 Å². The summed E-state index contributed by atoms with van der Waals surface area (Å²) >= 11 is 0. The molecule has 7 N–H and O–H groups in total. The summed E-state index contributed by atoms with van der Waals surface area (Å²) in [6.07, 6.45) is -5.66. The van der Waals surface area contributed by atoms with Crippen LogP contribution < -0.4 is 11.1 Å². The van der Waals surface area contributed by atoms with Gasteiger partial charge in [-0.3, -0.25) is 9.32 Å². The minimum Gasteiger partial charge on any atom is -0.388 e. The largest absolute Gasteiger partial charge is 0.472 e. The van der Waals surface area contributed by atoms with Gasteiger partial charge in [0.1, 0.15) is 24.4 Å². The summed E-state index contributed by atoms with van der Waals surface area (Å²) in [5.41, 5.74) is 5.30. The number of aliphatic hydroxyl groups excluding tert-OH is 2. The van der Waals surface area contributed by atoms with Crippen LogP contribution in [0.5, 0.6) is 0 Å². The number of phosphoric ester groups is 1. The zero-order valence-electron chi connectivity index (χ0n) is 10.0. The predicted octanol–water partition coefficient (Wildman–Crippen LogP) is -2.99. The average Bonchev–Trinajstić information content (AvgIpc) is 2.26. The third-order valence-electron chi connectivity index (χ3n) is 2.54. The van der Waals surface area contributed by atoms with Crippen molar-refractivity contribution in [3.05, 3.63) is 0 Å². The fraction of sp³-hybridized carbons (Fsp3) is 0.875. The maximum Gasteiger partial charge on any atom is 0.472 e. The molecule has 10 nitrogen and oxygen atoms in total. The molecule has 0 bridgehead atoms. The molecule has 1 aliphatic rings. The van der Waals surface area contributed by atoms with Crippen LogP contribution in [-0.4, -0.2) is 63.1 Å². The summed E-state index contributed by atoms with van der Waals surface area (Å²) in [6.45, 7) is 0.925. The molecule has 0 aliphatic carbocycles. The Morgan fingerprint density at radius 1 is 1.42 bits per heavy atom. The van der Waals surface area contributed by atoms with Gasteiger partial charge in [-0.2, -0.15) is 0 Å². The second-order valence-electron chi connectivity index (χ2n) is 4.08. The van der Waals surface area contributed by atoms with Crippen molar-refractivity contribution in [1.82, 2.24) is 5.32 Å². The molecule has 11 heteroatoms. The van der Waals surface area contributed by atoms with E-state index >= 15 is 0 Å². The number of aliphatic hydroxyl groups is 2. The Balaban J connectivity index is 2.92. The number of rotatable bonds is 4. The topological polar surface area (TPSA) is 172 Å². The number of nitrogens with one attached hydrogen (secondary N) is 1. The van der Waals surface area contributed by atoms with E-state index < -0.39 is 44.4 Å². The SMILES string of the molecule is CC(=O)NC1C(OP(=O)(O)O)OC(CN)C(O)C1O. The minimum atomic E-state index is -4.91. The first-order chi connectivity index (χ1) is 8.65. The van der Waals surface area contributed by atoms with Crippen LogP contribution in [0.2, 0.25) is 0 Å². The van der Waals surface area contributed by atoms with Gasteiger partial charge in [-0.1, -0.05) is 0 Å². The summed E-state index contributed by atoms with van der Waals surface area (Å²) in [4.78, 5) is 28.5. The molecule has 0 aromatic carbocycles. The van der Waals surface area contributed by atoms with Gasteiger partial charge in [0.25, 0.3) is 0 Å². The zero-order chi connectivity index (χ0) is 14.8. The quantitative estimate of drug-likeness (QED) is 0.296. The van der Waals surface area contributed by atoms with Crippen LogP contribution in [0.1, 0.15) is 6.92 Å². The summed E-state index contributed by atoms with van der Waals surface area (Å²) in [6, 6.07) is -1.33. The first-order valence-electron chi connectivity index (χ1n) is 5.38. The molecule has 1 heterocycles. The molecule has 1 rings (SSSR count). The second kappa shape index (κ2) is 6.25. The van der Waals surface area contributed by atoms with Gasteiger partial charge in [0.05, 0.1) is 0 Å². The molecule has 0 aromatic rings. The van der Waals surface area contributed by atoms with E-state index in [0.29, 0.717) is 0 Å². The fourth-order valence-electron chi connectivity index (χ4n) is 1.74. The lowest BCUT2D eigenvalue weighted by atomic mass is 9.97. The lowest BCUT2D eigenvalue weighted by molar-refractivity contribution is -0.238. The van der Waals surface area contributed by atoms with Crippen LogP contribution in [0, 0.1) is 0 Å². The van der Waals surface area contributed by atoms with E-state index in [1.165, 1.54) is 0 Å². The van der Waals surface area contributed by atoms with Crippen molar-refractivity contribution in [3.8, 4) is 0 Å². The average molecular weight is 300 g/mol. The predicted molar refractivity (Wildman–Crippen MR) is 60.5 cm³/mol. The van der Waals surface area contributed by atoms with Gasteiger partial charge in [0.15, 0.2) is 6.29 Å². The molecule has 5 unspecified atom stereocenters. The third-order valence-corrected chi connectivity index (χ3v) is 3.03. The zero-order valence-corrected chi connectivity index (χ0v) is 10.9. The summed E-state index contributed by atoms with van der Waals surface area (Å²) < 4.78 is 20.2. The van der Waals surface area contributed by atoms with Crippen molar-refractivity contribution in [1.29, 1.82) is 0 Å². The number of nitrogens with two attached hydrogens (primary N) is 1. The van der Waals surface area contributed by atoms with Gasteiger partial charge >= 0.3 is 7.82 Å². The van der Waals surface area contributed by atoms with Crippen LogP contribution in [0.3, 0.4) is 0 Å². The number of hydrogen-bond acceptors (Lipinski definition) is 7. The summed E-state index contributed by atoms with van der Waals surface area (Å²) in [5.74, 6) is -0.592. The Kier molecular flexibility index (Phi) is 5.42. The van der Waals surface area contributed by atoms with E-state index in [2.05, 4.69) is 9.84 Å². The van der Waals surface area contributed by atoms with E-state index in [1.54, 1.807) is 0 Å². The minimum absolute atomic E-state index is 0.202. The maximum absolute atomic E-state index is 11.0. The molecule has 1 amide bonds. The highest BCUT2D eigenvalue weighted by molar-refractivity contribution is 7.46. The summed E-state index contributed by atoms with van der Waals surface area (Å²) in [5, 5.41) is 21.7. The molecule has 112 valence electrons. The summed E-state index contributed by atoms with van der Waals surface area (Å²) in [7, 11) is -4.91. The Bertz CT molecular complexity index is 374. The molecule has 5 atom stereocenters. The van der Waals surface area contributed by atoms with Gasteiger partial charge in [0.2, 0.25) is 5.91 Å². The first kappa shape index (κ1) is 16.5. The highest BCUT2D eigenvalue weighted by atomic mass is 31.2. The van der Waals surface area contributed by atoms with Gasteiger partial charge in [0, 0.05) is 13.5 Å². The van der Waals surface area contributed by atoms with Gasteiger partial charge in [-0.05, 0) is 0 Å². The molecule has 1 saturated heterocycles. The van der Waals surface area contributed by atoms with Crippen molar-refractivity contribution in [2.45, 2.75) is 37.6 Å². The number of hydrogen-bond donors (Lipinski definition) is 6. The monoisotopic (exact) mass is 300 g/mol. The lowest BCUT2D eigenvalue weighted by Crippen LogP contribution is -2.64. The lowest BCUT2D eigenvalue weighted by Gasteiger charge is -2.42. The maximum atomic E-state index is 11.0. The van der Waals surface area contributed by atoms with Crippen LogP contribution in [0.4, 0.5) is 0 Å². The van der Waals surface area contributed by atoms with Crippen LogP contribution >= 0.6 is 7.82 Å². The Hall–Kier alpha value is -0.580.